The molecule has 3 rings (SSSR count). The first-order valence-electron chi connectivity index (χ1n) is 8.11. The minimum atomic E-state index is -0.262. The maximum Gasteiger partial charge on any atom is 0.243 e. The lowest BCUT2D eigenvalue weighted by Crippen LogP contribution is -2.53. The van der Waals surface area contributed by atoms with E-state index < -0.39 is 0 Å². The summed E-state index contributed by atoms with van der Waals surface area (Å²) in [6.07, 6.45) is 5.92. The number of hydrogen-bond acceptors (Lipinski definition) is 4. The predicted octanol–water partition coefficient (Wildman–Crippen LogP) is 1.51. The van der Waals surface area contributed by atoms with E-state index in [1.54, 1.807) is 16.7 Å². The van der Waals surface area contributed by atoms with E-state index >= 15 is 0 Å². The van der Waals surface area contributed by atoms with E-state index in [-0.39, 0.29) is 36.3 Å². The highest BCUT2D eigenvalue weighted by Gasteiger charge is 2.38. The Labute approximate surface area is 142 Å². The molecule has 3 heterocycles. The van der Waals surface area contributed by atoms with Gasteiger partial charge in [0.15, 0.2) is 0 Å². The molecule has 0 saturated carbocycles. The van der Waals surface area contributed by atoms with Crippen LogP contribution in [0.15, 0.2) is 0 Å². The Kier molecular flexibility index (Phi) is 6.41. The molecule has 5 nitrogen and oxygen atoms in total. The molecular formula is C15H26ClN3O2S. The van der Waals surface area contributed by atoms with Crippen LogP contribution in [0.1, 0.15) is 45.4 Å². The van der Waals surface area contributed by atoms with Crippen molar-refractivity contribution in [3.05, 3.63) is 0 Å². The zero-order valence-electron chi connectivity index (χ0n) is 13.0. The molecule has 126 valence electrons. The van der Waals surface area contributed by atoms with Crippen molar-refractivity contribution in [1.29, 1.82) is 0 Å². The van der Waals surface area contributed by atoms with Gasteiger partial charge in [0.1, 0.15) is 6.04 Å². The Hall–Kier alpha value is -0.460. The minimum absolute atomic E-state index is 0. The van der Waals surface area contributed by atoms with Crippen molar-refractivity contribution in [1.82, 2.24) is 15.5 Å². The standard InChI is InChI=1S/C15H25N3O2S.ClH/c1-2-3-14(19)18-9-21-8-13(18)15(20)17-12-6-10-4-5-11(7-12)16-10;/h10-13,16H,2-9H2,1H3,(H,17,20);1H. The zero-order valence-corrected chi connectivity index (χ0v) is 14.7. The van der Waals surface area contributed by atoms with Crippen molar-refractivity contribution in [2.24, 2.45) is 0 Å². The maximum atomic E-state index is 12.5. The van der Waals surface area contributed by atoms with Gasteiger partial charge in [-0.05, 0) is 32.1 Å². The summed E-state index contributed by atoms with van der Waals surface area (Å²) in [5.41, 5.74) is 0. The predicted molar refractivity (Wildman–Crippen MR) is 91.2 cm³/mol. The molecule has 0 aromatic heterocycles. The number of piperidine rings is 1. The molecule has 2 bridgehead atoms. The van der Waals surface area contributed by atoms with Crippen molar-refractivity contribution in [2.45, 2.75) is 69.6 Å². The monoisotopic (exact) mass is 347 g/mol. The minimum Gasteiger partial charge on any atom is -0.351 e. The van der Waals surface area contributed by atoms with Crippen molar-refractivity contribution in [2.75, 3.05) is 11.6 Å². The fraction of sp³-hybridized carbons (Fsp3) is 0.867. The lowest BCUT2D eigenvalue weighted by atomic mass is 9.99. The third-order valence-corrected chi connectivity index (χ3v) is 5.80. The molecule has 3 aliphatic heterocycles. The number of thioether (sulfide) groups is 1. The van der Waals surface area contributed by atoms with Gasteiger partial charge in [0.05, 0.1) is 5.88 Å². The SMILES string of the molecule is CCCC(=O)N1CSCC1C(=O)NC1CC2CCC(C1)N2.Cl. The molecule has 7 heteroatoms. The van der Waals surface area contributed by atoms with Gasteiger partial charge in [-0.15, -0.1) is 24.2 Å². The summed E-state index contributed by atoms with van der Waals surface area (Å²) in [4.78, 5) is 26.4. The van der Waals surface area contributed by atoms with Gasteiger partial charge in [-0.25, -0.2) is 0 Å². The van der Waals surface area contributed by atoms with Crippen LogP contribution in [0.2, 0.25) is 0 Å². The number of fused-ring (bicyclic) bond motifs is 2. The molecular weight excluding hydrogens is 322 g/mol. The zero-order chi connectivity index (χ0) is 14.8. The normalized spacial score (nSPS) is 33.4. The number of nitrogens with zero attached hydrogens (tertiary/aromatic N) is 1. The summed E-state index contributed by atoms with van der Waals surface area (Å²) >= 11 is 1.68. The largest absolute Gasteiger partial charge is 0.351 e. The highest BCUT2D eigenvalue weighted by molar-refractivity contribution is 7.99. The first-order chi connectivity index (χ1) is 10.2. The first kappa shape index (κ1) is 17.9. The van der Waals surface area contributed by atoms with E-state index in [0.717, 1.165) is 25.0 Å². The molecule has 3 atom stereocenters. The number of hydrogen-bond donors (Lipinski definition) is 2. The molecule has 0 aromatic carbocycles. The van der Waals surface area contributed by atoms with E-state index in [1.165, 1.54) is 12.8 Å². The van der Waals surface area contributed by atoms with Gasteiger partial charge in [-0.1, -0.05) is 6.92 Å². The molecule has 3 fully saturated rings. The molecule has 0 spiro atoms. The summed E-state index contributed by atoms with van der Waals surface area (Å²) < 4.78 is 0. The van der Waals surface area contributed by atoms with E-state index in [2.05, 4.69) is 10.6 Å². The van der Waals surface area contributed by atoms with Gasteiger partial charge in [-0.2, -0.15) is 0 Å². The van der Waals surface area contributed by atoms with Crippen molar-refractivity contribution in [3.8, 4) is 0 Å². The quantitative estimate of drug-likeness (QED) is 0.809. The van der Waals surface area contributed by atoms with Gasteiger partial charge < -0.3 is 15.5 Å². The number of halogens is 1. The molecule has 3 unspecified atom stereocenters. The Morgan fingerprint density at radius 2 is 1.95 bits per heavy atom. The molecule has 0 radical (unpaired) electrons. The smallest absolute Gasteiger partial charge is 0.243 e. The summed E-state index contributed by atoms with van der Waals surface area (Å²) in [7, 11) is 0. The number of carbonyl (C=O) groups is 2. The van der Waals surface area contributed by atoms with Crippen LogP contribution in [-0.2, 0) is 9.59 Å². The summed E-state index contributed by atoms with van der Waals surface area (Å²) in [6, 6.07) is 1.17. The summed E-state index contributed by atoms with van der Waals surface area (Å²) in [5.74, 6) is 1.57. The molecule has 2 N–H and O–H groups in total. The Bertz CT molecular complexity index is 412. The average molecular weight is 348 g/mol. The summed E-state index contributed by atoms with van der Waals surface area (Å²) in [6.45, 7) is 2.00. The van der Waals surface area contributed by atoms with E-state index in [1.807, 2.05) is 6.92 Å². The fourth-order valence-corrected chi connectivity index (χ4v) is 4.92. The highest BCUT2D eigenvalue weighted by atomic mass is 35.5. The fourth-order valence-electron chi connectivity index (χ4n) is 3.74. The molecule has 3 aliphatic rings. The van der Waals surface area contributed by atoms with Crippen LogP contribution in [-0.4, -0.2) is 52.5 Å². The Balaban J connectivity index is 0.00000176. The second kappa shape index (κ2) is 7.88. The highest BCUT2D eigenvalue weighted by Crippen LogP contribution is 2.28. The van der Waals surface area contributed by atoms with E-state index in [0.29, 0.717) is 24.4 Å². The van der Waals surface area contributed by atoms with Crippen LogP contribution in [0, 0.1) is 0 Å². The van der Waals surface area contributed by atoms with Crippen molar-refractivity contribution in [3.63, 3.8) is 0 Å². The second-order valence-electron chi connectivity index (χ2n) is 6.44. The lowest BCUT2D eigenvalue weighted by Gasteiger charge is -2.31. The Morgan fingerprint density at radius 3 is 2.59 bits per heavy atom. The lowest BCUT2D eigenvalue weighted by molar-refractivity contribution is -0.138. The molecule has 3 saturated heterocycles. The molecule has 2 amide bonds. The van der Waals surface area contributed by atoms with E-state index in [9.17, 15) is 9.59 Å². The van der Waals surface area contributed by atoms with Crippen LogP contribution in [0.25, 0.3) is 0 Å². The van der Waals surface area contributed by atoms with Crippen molar-refractivity contribution < 1.29 is 9.59 Å². The number of carbonyl (C=O) groups excluding carboxylic acids is 2. The van der Waals surface area contributed by atoms with Crippen LogP contribution in [0.4, 0.5) is 0 Å². The van der Waals surface area contributed by atoms with Crippen LogP contribution < -0.4 is 10.6 Å². The van der Waals surface area contributed by atoms with Crippen molar-refractivity contribution >= 4 is 36.0 Å². The molecule has 22 heavy (non-hydrogen) atoms. The van der Waals surface area contributed by atoms with Gasteiger partial charge >= 0.3 is 0 Å². The average Bonchev–Trinajstić information content (AvgIpc) is 3.06. The topological polar surface area (TPSA) is 61.4 Å². The van der Waals surface area contributed by atoms with Gasteiger partial charge in [0.2, 0.25) is 11.8 Å². The second-order valence-corrected chi connectivity index (χ2v) is 7.44. The van der Waals surface area contributed by atoms with Gasteiger partial charge in [0, 0.05) is 30.3 Å². The van der Waals surface area contributed by atoms with Crippen LogP contribution in [0.3, 0.4) is 0 Å². The molecule has 0 aromatic rings. The number of nitrogens with one attached hydrogen (secondary N) is 2. The Morgan fingerprint density at radius 1 is 1.27 bits per heavy atom. The van der Waals surface area contributed by atoms with Crippen LogP contribution in [0.5, 0.6) is 0 Å². The van der Waals surface area contributed by atoms with Gasteiger partial charge in [0.25, 0.3) is 0 Å². The maximum absolute atomic E-state index is 12.5. The summed E-state index contributed by atoms with van der Waals surface area (Å²) in [5, 5.41) is 6.79. The van der Waals surface area contributed by atoms with E-state index in [4.69, 9.17) is 0 Å². The molecule has 0 aliphatic carbocycles. The number of rotatable bonds is 4. The van der Waals surface area contributed by atoms with Crippen LogP contribution >= 0.6 is 24.2 Å². The third-order valence-electron chi connectivity index (χ3n) is 4.79. The van der Waals surface area contributed by atoms with Gasteiger partial charge in [-0.3, -0.25) is 9.59 Å². The number of amides is 2. The third kappa shape index (κ3) is 3.89. The first-order valence-corrected chi connectivity index (χ1v) is 9.26.